The van der Waals surface area contributed by atoms with Crippen molar-refractivity contribution in [3.8, 4) is 0 Å². The van der Waals surface area contributed by atoms with E-state index in [2.05, 4.69) is 4.90 Å². The fraction of sp³-hybridized carbons (Fsp3) is 0.286. The predicted octanol–water partition coefficient (Wildman–Crippen LogP) is 3.61. The molecule has 1 aromatic rings. The van der Waals surface area contributed by atoms with Gasteiger partial charge in [0.25, 0.3) is 11.8 Å². The van der Waals surface area contributed by atoms with Gasteiger partial charge < -0.3 is 4.90 Å². The van der Waals surface area contributed by atoms with Gasteiger partial charge in [-0.1, -0.05) is 18.2 Å². The molecule has 0 unspecified atom stereocenters. The summed E-state index contributed by atoms with van der Waals surface area (Å²) in [6.45, 7) is 8.52. The number of benzene rings is 1. The Kier molecular flexibility index (Phi) is 5.28. The van der Waals surface area contributed by atoms with Gasteiger partial charge in [0.1, 0.15) is 5.57 Å². The van der Waals surface area contributed by atoms with E-state index in [-0.39, 0.29) is 22.5 Å². The first kappa shape index (κ1) is 19.0. The SMILES string of the molecule is CCN1C(=O)C(=C2C=C(C)N(c3ccccc3)C(C)=C2)C(=O)N(CC)C1=S. The van der Waals surface area contributed by atoms with E-state index in [9.17, 15) is 9.59 Å². The maximum atomic E-state index is 13.0. The summed E-state index contributed by atoms with van der Waals surface area (Å²) >= 11 is 5.33. The van der Waals surface area contributed by atoms with Gasteiger partial charge in [0.2, 0.25) is 0 Å². The Morgan fingerprint density at radius 3 is 1.78 bits per heavy atom. The Labute approximate surface area is 165 Å². The minimum atomic E-state index is -0.325. The largest absolute Gasteiger partial charge is 0.318 e. The molecule has 0 aliphatic carbocycles. The van der Waals surface area contributed by atoms with Crippen LogP contribution in [-0.2, 0) is 9.59 Å². The van der Waals surface area contributed by atoms with Crippen molar-refractivity contribution in [1.82, 2.24) is 9.80 Å². The highest BCUT2D eigenvalue weighted by atomic mass is 32.1. The number of allylic oxidation sites excluding steroid dienone is 5. The van der Waals surface area contributed by atoms with Gasteiger partial charge in [-0.15, -0.1) is 0 Å². The molecule has 1 aromatic carbocycles. The summed E-state index contributed by atoms with van der Waals surface area (Å²) in [7, 11) is 0. The van der Waals surface area contributed by atoms with Crippen LogP contribution in [0.1, 0.15) is 27.7 Å². The van der Waals surface area contributed by atoms with E-state index in [1.165, 1.54) is 9.80 Å². The summed E-state index contributed by atoms with van der Waals surface area (Å²) in [4.78, 5) is 31.0. The zero-order valence-electron chi connectivity index (χ0n) is 16.0. The van der Waals surface area contributed by atoms with Crippen molar-refractivity contribution < 1.29 is 9.59 Å². The number of anilines is 1. The quantitative estimate of drug-likeness (QED) is 0.456. The molecule has 2 aliphatic heterocycles. The van der Waals surface area contributed by atoms with E-state index in [4.69, 9.17) is 12.2 Å². The highest BCUT2D eigenvalue weighted by Crippen LogP contribution is 2.32. The summed E-state index contributed by atoms with van der Waals surface area (Å²) in [5, 5.41) is 0.280. The third-order valence-corrected chi connectivity index (χ3v) is 5.19. The number of hydrogen-bond donors (Lipinski definition) is 0. The monoisotopic (exact) mass is 381 g/mol. The molecular formula is C21H23N3O2S. The highest BCUT2D eigenvalue weighted by molar-refractivity contribution is 7.80. The van der Waals surface area contributed by atoms with Gasteiger partial charge in [-0.2, -0.15) is 0 Å². The number of amides is 2. The van der Waals surface area contributed by atoms with Crippen molar-refractivity contribution in [3.05, 3.63) is 65.0 Å². The fourth-order valence-corrected chi connectivity index (χ4v) is 3.94. The van der Waals surface area contributed by atoms with Crippen LogP contribution in [-0.4, -0.2) is 39.8 Å². The fourth-order valence-electron chi connectivity index (χ4n) is 3.51. The third-order valence-electron chi connectivity index (χ3n) is 4.75. The lowest BCUT2D eigenvalue weighted by Gasteiger charge is -2.37. The van der Waals surface area contributed by atoms with E-state index < -0.39 is 0 Å². The van der Waals surface area contributed by atoms with Gasteiger partial charge in [-0.3, -0.25) is 19.4 Å². The molecule has 0 N–H and O–H groups in total. The molecule has 0 aromatic heterocycles. The van der Waals surface area contributed by atoms with Crippen LogP contribution in [0.5, 0.6) is 0 Å². The Bertz CT molecular complexity index is 849. The van der Waals surface area contributed by atoms with E-state index in [0.29, 0.717) is 18.7 Å². The summed E-state index contributed by atoms with van der Waals surface area (Å²) in [5.41, 5.74) is 3.74. The van der Waals surface area contributed by atoms with Gasteiger partial charge in [-0.25, -0.2) is 0 Å². The lowest BCUT2D eigenvalue weighted by atomic mass is 9.98. The average Bonchev–Trinajstić information content (AvgIpc) is 2.63. The third kappa shape index (κ3) is 3.21. The summed E-state index contributed by atoms with van der Waals surface area (Å²) in [6.07, 6.45) is 3.78. The molecule has 27 heavy (non-hydrogen) atoms. The van der Waals surface area contributed by atoms with Crippen LogP contribution in [0.3, 0.4) is 0 Å². The molecule has 0 atom stereocenters. The first-order chi connectivity index (χ1) is 12.9. The molecule has 1 saturated heterocycles. The Morgan fingerprint density at radius 2 is 1.33 bits per heavy atom. The highest BCUT2D eigenvalue weighted by Gasteiger charge is 2.39. The minimum absolute atomic E-state index is 0.179. The number of hydrogen-bond acceptors (Lipinski definition) is 4. The second kappa shape index (κ2) is 7.48. The summed E-state index contributed by atoms with van der Waals surface area (Å²) in [6, 6.07) is 9.99. The normalized spacial score (nSPS) is 18.2. The summed E-state index contributed by atoms with van der Waals surface area (Å²) < 4.78 is 0. The van der Waals surface area contributed by atoms with E-state index in [1.807, 2.05) is 70.2 Å². The molecule has 0 saturated carbocycles. The van der Waals surface area contributed by atoms with E-state index in [1.54, 1.807) is 0 Å². The molecular weight excluding hydrogens is 358 g/mol. The number of nitrogens with zero attached hydrogens (tertiary/aromatic N) is 3. The van der Waals surface area contributed by atoms with Crippen LogP contribution in [0.4, 0.5) is 5.69 Å². The van der Waals surface area contributed by atoms with E-state index >= 15 is 0 Å². The molecule has 5 nitrogen and oxygen atoms in total. The smallest absolute Gasteiger partial charge is 0.266 e. The average molecular weight is 382 g/mol. The first-order valence-corrected chi connectivity index (χ1v) is 9.45. The van der Waals surface area contributed by atoms with Crippen LogP contribution >= 0.6 is 12.2 Å². The maximum Gasteiger partial charge on any atom is 0.266 e. The van der Waals surface area contributed by atoms with Crippen LogP contribution in [0.2, 0.25) is 0 Å². The van der Waals surface area contributed by atoms with Crippen molar-refractivity contribution in [3.63, 3.8) is 0 Å². The van der Waals surface area contributed by atoms with Gasteiger partial charge >= 0.3 is 0 Å². The Hall–Kier alpha value is -2.73. The number of thiocarbonyl (C=S) groups is 1. The van der Waals surface area contributed by atoms with Crippen LogP contribution < -0.4 is 4.90 Å². The van der Waals surface area contributed by atoms with Crippen molar-refractivity contribution in [2.24, 2.45) is 0 Å². The minimum Gasteiger partial charge on any atom is -0.318 e. The molecule has 0 radical (unpaired) electrons. The lowest BCUT2D eigenvalue weighted by molar-refractivity contribution is -0.133. The van der Waals surface area contributed by atoms with Crippen LogP contribution in [0.15, 0.2) is 65.0 Å². The predicted molar refractivity (Wildman–Crippen MR) is 111 cm³/mol. The van der Waals surface area contributed by atoms with Crippen molar-refractivity contribution >= 4 is 34.8 Å². The molecule has 140 valence electrons. The Morgan fingerprint density at radius 1 is 0.852 bits per heavy atom. The number of likely N-dealkylation sites (N-methyl/N-ethyl adjacent to an activating group) is 2. The maximum absolute atomic E-state index is 13.0. The number of rotatable bonds is 3. The second-order valence-electron chi connectivity index (χ2n) is 6.45. The Balaban J connectivity index is 2.10. The van der Waals surface area contributed by atoms with Gasteiger partial charge in [-0.05, 0) is 69.8 Å². The lowest BCUT2D eigenvalue weighted by Crippen LogP contribution is -2.56. The van der Waals surface area contributed by atoms with Crippen molar-refractivity contribution in [2.75, 3.05) is 18.0 Å². The molecule has 2 aliphatic rings. The summed E-state index contributed by atoms with van der Waals surface area (Å²) in [5.74, 6) is -0.651. The van der Waals surface area contributed by atoms with Crippen molar-refractivity contribution in [1.29, 1.82) is 0 Å². The number of carbonyl (C=O) groups excluding carboxylic acids is 2. The van der Waals surface area contributed by atoms with E-state index in [0.717, 1.165) is 17.1 Å². The second-order valence-corrected chi connectivity index (χ2v) is 6.82. The molecule has 1 fully saturated rings. The molecule has 6 heteroatoms. The standard InChI is InChI=1S/C21H23N3O2S/c1-5-22-19(25)18(20(26)23(6-2)21(22)27)16-12-14(3)24(15(4)13-16)17-10-8-7-9-11-17/h7-13H,5-6H2,1-4H3. The van der Waals surface area contributed by atoms with Gasteiger partial charge in [0, 0.05) is 30.2 Å². The van der Waals surface area contributed by atoms with Crippen LogP contribution in [0.25, 0.3) is 0 Å². The first-order valence-electron chi connectivity index (χ1n) is 9.04. The van der Waals surface area contributed by atoms with Gasteiger partial charge in [0.05, 0.1) is 0 Å². The number of para-hydroxylation sites is 1. The number of carbonyl (C=O) groups is 2. The molecule has 0 spiro atoms. The topological polar surface area (TPSA) is 43.9 Å². The molecule has 2 heterocycles. The zero-order valence-corrected chi connectivity index (χ0v) is 16.8. The van der Waals surface area contributed by atoms with Crippen LogP contribution in [0, 0.1) is 0 Å². The molecule has 3 rings (SSSR count). The molecule has 0 bridgehead atoms. The van der Waals surface area contributed by atoms with Gasteiger partial charge in [0.15, 0.2) is 5.11 Å². The molecule has 2 amide bonds. The zero-order chi connectivity index (χ0) is 19.7. The van der Waals surface area contributed by atoms with Crippen molar-refractivity contribution in [2.45, 2.75) is 27.7 Å².